The van der Waals surface area contributed by atoms with Crippen molar-refractivity contribution >= 4 is 0 Å². The molecule has 0 saturated heterocycles. The third kappa shape index (κ3) is 6.67. The average molecular weight is 234 g/mol. The zero-order chi connectivity index (χ0) is 13.3. The molecule has 0 unspecified atom stereocenters. The fourth-order valence-electron chi connectivity index (χ4n) is 1.47. The van der Waals surface area contributed by atoms with Gasteiger partial charge in [0.05, 0.1) is 0 Å². The standard InChI is InChI=1S/C15H26N2/c1-7-9-14(16-6)11-13(5)17-15(10-8-2)12(3)4/h9-11,16-17H,3,7-8H2,1-2,4-6H3/b13-11+,14-9?,15-10?. The molecule has 0 radical (unpaired) electrons. The van der Waals surface area contributed by atoms with Gasteiger partial charge in [-0.15, -0.1) is 0 Å². The maximum atomic E-state index is 3.97. The van der Waals surface area contributed by atoms with E-state index < -0.39 is 0 Å². The molecule has 0 aromatic carbocycles. The Hall–Kier alpha value is -1.44. The highest BCUT2D eigenvalue weighted by Crippen LogP contribution is 2.08. The number of allylic oxidation sites excluding steroid dienone is 5. The van der Waals surface area contributed by atoms with Crippen LogP contribution in [0.4, 0.5) is 0 Å². The summed E-state index contributed by atoms with van der Waals surface area (Å²) in [6.07, 6.45) is 8.46. The minimum absolute atomic E-state index is 1.01. The summed E-state index contributed by atoms with van der Waals surface area (Å²) in [6, 6.07) is 0. The van der Waals surface area contributed by atoms with Crippen molar-refractivity contribution in [1.82, 2.24) is 10.6 Å². The van der Waals surface area contributed by atoms with Crippen molar-refractivity contribution in [3.05, 3.63) is 47.5 Å². The van der Waals surface area contributed by atoms with Crippen LogP contribution in [0.1, 0.15) is 40.5 Å². The molecule has 0 aliphatic rings. The Morgan fingerprint density at radius 2 is 1.71 bits per heavy atom. The second-order valence-corrected chi connectivity index (χ2v) is 4.08. The predicted molar refractivity (Wildman–Crippen MR) is 77.5 cm³/mol. The van der Waals surface area contributed by atoms with Gasteiger partial charge >= 0.3 is 0 Å². The molecule has 0 aromatic rings. The van der Waals surface area contributed by atoms with Gasteiger partial charge in [0, 0.05) is 24.1 Å². The van der Waals surface area contributed by atoms with Crippen molar-refractivity contribution in [2.75, 3.05) is 7.05 Å². The van der Waals surface area contributed by atoms with Gasteiger partial charge < -0.3 is 10.6 Å². The molecule has 0 spiro atoms. The monoisotopic (exact) mass is 234 g/mol. The van der Waals surface area contributed by atoms with E-state index in [1.165, 1.54) is 0 Å². The Labute approximate surface area is 106 Å². The van der Waals surface area contributed by atoms with Crippen molar-refractivity contribution < 1.29 is 0 Å². The zero-order valence-electron chi connectivity index (χ0n) is 11.9. The van der Waals surface area contributed by atoms with E-state index >= 15 is 0 Å². The Morgan fingerprint density at radius 1 is 1.12 bits per heavy atom. The summed E-state index contributed by atoms with van der Waals surface area (Å²) in [5.41, 5.74) is 4.41. The number of rotatable bonds is 7. The first-order valence-electron chi connectivity index (χ1n) is 6.24. The zero-order valence-corrected chi connectivity index (χ0v) is 11.9. The van der Waals surface area contributed by atoms with E-state index in [0.717, 1.165) is 35.5 Å². The molecule has 0 bridgehead atoms. The number of nitrogens with one attached hydrogen (secondary N) is 2. The lowest BCUT2D eigenvalue weighted by molar-refractivity contribution is 0.936. The van der Waals surface area contributed by atoms with E-state index in [2.05, 4.69) is 56.2 Å². The first-order chi connectivity index (χ1) is 8.04. The maximum Gasteiger partial charge on any atom is 0.0364 e. The van der Waals surface area contributed by atoms with Crippen LogP contribution >= 0.6 is 0 Å². The van der Waals surface area contributed by atoms with Gasteiger partial charge in [0.15, 0.2) is 0 Å². The molecule has 0 aromatic heterocycles. The molecule has 0 amide bonds. The third-order valence-electron chi connectivity index (χ3n) is 2.28. The highest BCUT2D eigenvalue weighted by atomic mass is 14.9. The molecule has 0 heterocycles. The largest absolute Gasteiger partial charge is 0.388 e. The first kappa shape index (κ1) is 15.6. The summed E-state index contributed by atoms with van der Waals surface area (Å²) in [4.78, 5) is 0. The van der Waals surface area contributed by atoms with Crippen LogP contribution in [0.3, 0.4) is 0 Å². The lowest BCUT2D eigenvalue weighted by atomic mass is 10.2. The highest BCUT2D eigenvalue weighted by Gasteiger charge is 1.98. The Bertz CT molecular complexity index is 333. The van der Waals surface area contributed by atoms with Crippen LogP contribution in [0, 0.1) is 0 Å². The highest BCUT2D eigenvalue weighted by molar-refractivity contribution is 5.30. The smallest absolute Gasteiger partial charge is 0.0364 e. The van der Waals surface area contributed by atoms with E-state index in [4.69, 9.17) is 0 Å². The molecule has 2 heteroatoms. The summed E-state index contributed by atoms with van der Waals surface area (Å²) in [5, 5.41) is 6.55. The summed E-state index contributed by atoms with van der Waals surface area (Å²) in [5.74, 6) is 0. The van der Waals surface area contributed by atoms with Crippen molar-refractivity contribution in [2.24, 2.45) is 0 Å². The van der Waals surface area contributed by atoms with Gasteiger partial charge in [-0.3, -0.25) is 0 Å². The van der Waals surface area contributed by atoms with Crippen LogP contribution in [0.15, 0.2) is 47.5 Å². The molecule has 17 heavy (non-hydrogen) atoms. The Morgan fingerprint density at radius 3 is 2.12 bits per heavy atom. The lowest BCUT2D eigenvalue weighted by Crippen LogP contribution is -2.13. The minimum Gasteiger partial charge on any atom is -0.388 e. The molecule has 96 valence electrons. The maximum absolute atomic E-state index is 3.97. The van der Waals surface area contributed by atoms with Crippen LogP contribution in [-0.2, 0) is 0 Å². The fraction of sp³-hybridized carbons (Fsp3) is 0.467. The number of likely N-dealkylation sites (N-methyl/N-ethyl adjacent to an activating group) is 1. The van der Waals surface area contributed by atoms with Gasteiger partial charge in [0.1, 0.15) is 0 Å². The van der Waals surface area contributed by atoms with Gasteiger partial charge in [-0.2, -0.15) is 0 Å². The molecule has 0 fully saturated rings. The number of hydrogen-bond acceptors (Lipinski definition) is 2. The normalized spacial score (nSPS) is 13.6. The molecule has 2 nitrogen and oxygen atoms in total. The Kier molecular flexibility index (Phi) is 7.95. The van der Waals surface area contributed by atoms with Crippen molar-refractivity contribution in [1.29, 1.82) is 0 Å². The van der Waals surface area contributed by atoms with Crippen molar-refractivity contribution in [2.45, 2.75) is 40.5 Å². The van der Waals surface area contributed by atoms with E-state index in [1.54, 1.807) is 0 Å². The SMILES string of the molecule is C=C(C)C(=CCC)N/C(C)=C/C(=CCC)NC. The molecule has 2 N–H and O–H groups in total. The predicted octanol–water partition coefficient (Wildman–Crippen LogP) is 3.86. The van der Waals surface area contributed by atoms with E-state index in [9.17, 15) is 0 Å². The second-order valence-electron chi connectivity index (χ2n) is 4.08. The topological polar surface area (TPSA) is 24.1 Å². The van der Waals surface area contributed by atoms with Crippen LogP contribution in [0.25, 0.3) is 0 Å². The van der Waals surface area contributed by atoms with Crippen LogP contribution in [0.2, 0.25) is 0 Å². The molecular formula is C15H26N2. The lowest BCUT2D eigenvalue weighted by Gasteiger charge is -2.12. The van der Waals surface area contributed by atoms with Gasteiger partial charge in [0.2, 0.25) is 0 Å². The molecule has 0 rings (SSSR count). The summed E-state index contributed by atoms with van der Waals surface area (Å²) < 4.78 is 0. The quantitative estimate of drug-likeness (QED) is 0.654. The summed E-state index contributed by atoms with van der Waals surface area (Å²) >= 11 is 0. The van der Waals surface area contributed by atoms with E-state index in [-0.39, 0.29) is 0 Å². The van der Waals surface area contributed by atoms with Gasteiger partial charge in [-0.1, -0.05) is 32.6 Å². The Balaban J connectivity index is 4.76. The molecule has 0 aliphatic carbocycles. The van der Waals surface area contributed by atoms with Crippen LogP contribution in [-0.4, -0.2) is 7.05 Å². The van der Waals surface area contributed by atoms with Crippen LogP contribution in [0.5, 0.6) is 0 Å². The minimum atomic E-state index is 1.01. The summed E-state index contributed by atoms with van der Waals surface area (Å²) in [7, 11) is 1.94. The van der Waals surface area contributed by atoms with Gasteiger partial charge in [-0.25, -0.2) is 0 Å². The molecule has 0 saturated carbocycles. The fourth-order valence-corrected chi connectivity index (χ4v) is 1.47. The molecule has 0 atom stereocenters. The number of hydrogen-bond donors (Lipinski definition) is 2. The molecular weight excluding hydrogens is 208 g/mol. The first-order valence-corrected chi connectivity index (χ1v) is 6.24. The summed E-state index contributed by atoms with van der Waals surface area (Å²) in [6.45, 7) is 12.3. The van der Waals surface area contributed by atoms with Gasteiger partial charge in [-0.05, 0) is 38.3 Å². The van der Waals surface area contributed by atoms with Gasteiger partial charge in [0.25, 0.3) is 0 Å². The van der Waals surface area contributed by atoms with E-state index in [1.807, 2.05) is 14.0 Å². The van der Waals surface area contributed by atoms with Crippen LogP contribution < -0.4 is 10.6 Å². The average Bonchev–Trinajstić information content (AvgIpc) is 2.27. The second kappa shape index (κ2) is 8.68. The molecule has 0 aliphatic heterocycles. The van der Waals surface area contributed by atoms with Crippen molar-refractivity contribution in [3.8, 4) is 0 Å². The van der Waals surface area contributed by atoms with Crippen molar-refractivity contribution in [3.63, 3.8) is 0 Å². The third-order valence-corrected chi connectivity index (χ3v) is 2.28. The van der Waals surface area contributed by atoms with E-state index in [0.29, 0.717) is 0 Å².